The topological polar surface area (TPSA) is 41.0 Å². The number of diazo groups is 1. The molecule has 0 N–H and O–H groups in total. The first-order valence-electron chi connectivity index (χ1n) is 3.76. The van der Waals surface area contributed by atoms with Gasteiger partial charge in [0.25, 0.3) is 0 Å². The Morgan fingerprint density at radius 1 is 1.23 bits per heavy atom. The van der Waals surface area contributed by atoms with Gasteiger partial charge in [-0.25, -0.2) is 0 Å². The van der Waals surface area contributed by atoms with Gasteiger partial charge >= 0.3 is 5.13 Å². The van der Waals surface area contributed by atoms with E-state index in [1.165, 1.54) is 11.3 Å². The summed E-state index contributed by atoms with van der Waals surface area (Å²) in [6.07, 6.45) is 0. The summed E-state index contributed by atoms with van der Waals surface area (Å²) in [4.78, 5) is 7.12. The zero-order valence-corrected chi connectivity index (χ0v) is 7.53. The Morgan fingerprint density at radius 2 is 2.00 bits per heavy atom. The molecule has 3 nitrogen and oxygen atoms in total. The second kappa shape index (κ2) is 3.33. The summed E-state index contributed by atoms with van der Waals surface area (Å²) in [6, 6.07) is 9.79. The molecule has 0 saturated carbocycles. The highest BCUT2D eigenvalue weighted by atomic mass is 32.1. The summed E-state index contributed by atoms with van der Waals surface area (Å²) in [5, 5.41) is 10.7. The maximum atomic E-state index is 8.47. The highest BCUT2D eigenvalue weighted by Crippen LogP contribution is 2.25. The van der Waals surface area contributed by atoms with Crippen LogP contribution in [0.5, 0.6) is 0 Å². The summed E-state index contributed by atoms with van der Waals surface area (Å²) < 4.78 is 0. The quantitative estimate of drug-likeness (QED) is 0.644. The summed E-state index contributed by atoms with van der Waals surface area (Å²) in [6.45, 7) is 0. The van der Waals surface area contributed by atoms with Crippen LogP contribution < -0.4 is 0 Å². The van der Waals surface area contributed by atoms with E-state index in [4.69, 9.17) is 5.39 Å². The van der Waals surface area contributed by atoms with E-state index >= 15 is 0 Å². The number of thiazole rings is 1. The minimum Gasteiger partial charge on any atom is -0.0622 e. The Balaban J connectivity index is 2.43. The van der Waals surface area contributed by atoms with Crippen LogP contribution in [0.1, 0.15) is 0 Å². The lowest BCUT2D eigenvalue weighted by Gasteiger charge is -1.87. The third-order valence-corrected chi connectivity index (χ3v) is 2.37. The van der Waals surface area contributed by atoms with E-state index in [0.29, 0.717) is 5.13 Å². The van der Waals surface area contributed by atoms with Crippen LogP contribution in [0.4, 0.5) is 5.13 Å². The van der Waals surface area contributed by atoms with Gasteiger partial charge in [-0.3, -0.25) is 0 Å². The molecule has 0 bridgehead atoms. The molecule has 2 rings (SSSR count). The Labute approximate surface area is 79.3 Å². The molecule has 13 heavy (non-hydrogen) atoms. The molecule has 0 spiro atoms. The number of aromatic nitrogens is 1. The summed E-state index contributed by atoms with van der Waals surface area (Å²) >= 11 is 1.32. The highest BCUT2D eigenvalue weighted by Gasteiger charge is 2.14. The normalized spacial score (nSPS) is 9.46. The number of hydrogen-bond acceptors (Lipinski definition) is 3. The largest absolute Gasteiger partial charge is 0.523 e. The molecule has 0 atom stereocenters. The average molecular weight is 188 g/mol. The zero-order valence-electron chi connectivity index (χ0n) is 6.71. The first kappa shape index (κ1) is 7.90. The fraction of sp³-hybridized carbons (Fsp3) is 0. The van der Waals surface area contributed by atoms with Crippen molar-refractivity contribution in [1.82, 2.24) is 4.98 Å². The van der Waals surface area contributed by atoms with E-state index in [-0.39, 0.29) is 0 Å². The molecule has 0 saturated heterocycles. The van der Waals surface area contributed by atoms with Crippen molar-refractivity contribution in [2.45, 2.75) is 0 Å². The predicted octanol–water partition coefficient (Wildman–Crippen LogP) is 3.29. The van der Waals surface area contributed by atoms with Gasteiger partial charge < -0.3 is 0 Å². The van der Waals surface area contributed by atoms with Crippen molar-refractivity contribution >= 4 is 16.5 Å². The Kier molecular flexibility index (Phi) is 2.02. The third-order valence-electron chi connectivity index (χ3n) is 1.65. The molecule has 2 aromatic rings. The van der Waals surface area contributed by atoms with E-state index < -0.39 is 0 Å². The van der Waals surface area contributed by atoms with E-state index in [9.17, 15) is 0 Å². The van der Waals surface area contributed by atoms with Gasteiger partial charge in [0.2, 0.25) is 0 Å². The lowest BCUT2D eigenvalue weighted by Crippen LogP contribution is -1.73. The minimum absolute atomic E-state index is 0.388. The molecule has 0 aliphatic rings. The Hall–Kier alpha value is -1.73. The van der Waals surface area contributed by atoms with E-state index in [1.54, 1.807) is 0 Å². The lowest BCUT2D eigenvalue weighted by atomic mass is 10.2. The lowest BCUT2D eigenvalue weighted by molar-refractivity contribution is 1.38. The molecule has 0 aliphatic heterocycles. The second-order valence-electron chi connectivity index (χ2n) is 2.48. The van der Waals surface area contributed by atoms with Crippen molar-refractivity contribution in [3.8, 4) is 11.3 Å². The second-order valence-corrected chi connectivity index (χ2v) is 3.32. The van der Waals surface area contributed by atoms with Gasteiger partial charge in [0, 0.05) is 10.5 Å². The van der Waals surface area contributed by atoms with Crippen molar-refractivity contribution in [3.05, 3.63) is 40.7 Å². The maximum absolute atomic E-state index is 8.47. The van der Waals surface area contributed by atoms with Crippen LogP contribution in [-0.4, -0.2) is 4.98 Å². The van der Waals surface area contributed by atoms with Crippen molar-refractivity contribution in [1.29, 1.82) is 5.39 Å². The van der Waals surface area contributed by atoms with Gasteiger partial charge in [0.05, 0.1) is 10.8 Å². The van der Waals surface area contributed by atoms with Crippen molar-refractivity contribution < 1.29 is 0 Å². The number of benzene rings is 1. The molecule has 1 heterocycles. The molecule has 4 heteroatoms. The molecule has 62 valence electrons. The number of nitrogens with zero attached hydrogens (tertiary/aromatic N) is 3. The monoisotopic (exact) mass is 188 g/mol. The third kappa shape index (κ3) is 1.55. The van der Waals surface area contributed by atoms with Crippen LogP contribution in [0.15, 0.2) is 35.7 Å². The van der Waals surface area contributed by atoms with Gasteiger partial charge in [0.15, 0.2) is 5.69 Å². The van der Waals surface area contributed by atoms with Crippen LogP contribution in [0.3, 0.4) is 0 Å². The van der Waals surface area contributed by atoms with Crippen LogP contribution >= 0.6 is 11.3 Å². The van der Waals surface area contributed by atoms with Crippen LogP contribution in [-0.2, 0) is 0 Å². The fourth-order valence-corrected chi connectivity index (χ4v) is 1.66. The fourth-order valence-electron chi connectivity index (χ4n) is 1.05. The van der Waals surface area contributed by atoms with Gasteiger partial charge in [-0.1, -0.05) is 30.3 Å². The van der Waals surface area contributed by atoms with Crippen LogP contribution in [0.25, 0.3) is 16.2 Å². The van der Waals surface area contributed by atoms with Gasteiger partial charge in [-0.05, 0) is 16.3 Å². The Bertz CT molecular complexity index is 441. The zero-order chi connectivity index (χ0) is 9.10. The van der Waals surface area contributed by atoms with Crippen LogP contribution in [0.2, 0.25) is 0 Å². The summed E-state index contributed by atoms with van der Waals surface area (Å²) in [7, 11) is 0. The molecule has 1 aromatic carbocycles. The van der Waals surface area contributed by atoms with Gasteiger partial charge in [-0.2, -0.15) is 0 Å². The van der Waals surface area contributed by atoms with E-state index in [0.717, 1.165) is 11.3 Å². The standard InChI is InChI=1S/C9H6N3S/c10-12-9-11-8(6-13-9)7-4-2-1-3-5-7/h1-6H/q+1. The van der Waals surface area contributed by atoms with Crippen molar-refractivity contribution in [3.63, 3.8) is 0 Å². The van der Waals surface area contributed by atoms with Gasteiger partial charge in [-0.15, -0.1) is 0 Å². The SMILES string of the molecule is N#[N+]c1nc(-c2ccccc2)cs1. The smallest absolute Gasteiger partial charge is 0.0622 e. The molecule has 0 unspecified atom stereocenters. The molecule has 0 fully saturated rings. The first-order chi connectivity index (χ1) is 6.40. The van der Waals surface area contributed by atoms with Crippen molar-refractivity contribution in [2.24, 2.45) is 0 Å². The first-order valence-corrected chi connectivity index (χ1v) is 4.64. The summed E-state index contributed by atoms with van der Waals surface area (Å²) in [5.74, 6) is 0. The van der Waals surface area contributed by atoms with E-state index in [1.807, 2.05) is 35.7 Å². The highest BCUT2D eigenvalue weighted by molar-refractivity contribution is 7.14. The molecular weight excluding hydrogens is 182 g/mol. The van der Waals surface area contributed by atoms with E-state index in [2.05, 4.69) is 9.96 Å². The molecule has 0 aliphatic carbocycles. The summed E-state index contributed by atoms with van der Waals surface area (Å²) in [5.41, 5.74) is 1.88. The maximum Gasteiger partial charge on any atom is 0.523 e. The molecular formula is C9H6N3S+. The molecule has 0 radical (unpaired) electrons. The Morgan fingerprint density at radius 3 is 2.62 bits per heavy atom. The number of rotatable bonds is 1. The minimum atomic E-state index is 0.388. The van der Waals surface area contributed by atoms with Crippen LogP contribution in [0, 0.1) is 5.39 Å². The predicted molar refractivity (Wildman–Crippen MR) is 52.3 cm³/mol. The van der Waals surface area contributed by atoms with Crippen molar-refractivity contribution in [2.75, 3.05) is 0 Å². The molecule has 1 aromatic heterocycles. The average Bonchev–Trinajstić information content (AvgIpc) is 2.67. The number of hydrogen-bond donors (Lipinski definition) is 0. The molecule has 0 amide bonds. The van der Waals surface area contributed by atoms with Gasteiger partial charge in [0.1, 0.15) is 0 Å².